The lowest BCUT2D eigenvalue weighted by Crippen LogP contribution is -2.60. The van der Waals surface area contributed by atoms with Gasteiger partial charge in [-0.15, -0.1) is 0 Å². The van der Waals surface area contributed by atoms with E-state index in [9.17, 15) is 27.5 Å². The second-order valence-corrected chi connectivity index (χ2v) is 10.4. The van der Waals surface area contributed by atoms with Gasteiger partial charge in [-0.05, 0) is 55.3 Å². The molecule has 2 atom stereocenters. The van der Waals surface area contributed by atoms with Gasteiger partial charge in [-0.1, -0.05) is 19.9 Å². The number of nitrogens with zero attached hydrogens (tertiary/aromatic N) is 2. The topological polar surface area (TPSA) is 67.2 Å². The summed E-state index contributed by atoms with van der Waals surface area (Å²) in [4.78, 5) is 12.9. The van der Waals surface area contributed by atoms with Gasteiger partial charge in [0.1, 0.15) is 0 Å². The van der Waals surface area contributed by atoms with Crippen LogP contribution >= 0.6 is 0 Å². The van der Waals surface area contributed by atoms with Crippen LogP contribution in [-0.4, -0.2) is 40.1 Å². The summed E-state index contributed by atoms with van der Waals surface area (Å²) in [6, 6.07) is -0.186. The van der Waals surface area contributed by atoms with Crippen LogP contribution in [0, 0.1) is 28.6 Å². The van der Waals surface area contributed by atoms with Gasteiger partial charge in [0.05, 0.1) is 18.4 Å². The van der Waals surface area contributed by atoms with Crippen LogP contribution in [0.5, 0.6) is 0 Å². The second kappa shape index (κ2) is 7.60. The van der Waals surface area contributed by atoms with Crippen molar-refractivity contribution in [1.82, 2.24) is 15.1 Å². The zero-order chi connectivity index (χ0) is 22.6. The zero-order valence-electron chi connectivity index (χ0n) is 17.8. The van der Waals surface area contributed by atoms with Crippen LogP contribution in [0.3, 0.4) is 0 Å². The highest BCUT2D eigenvalue weighted by Crippen LogP contribution is 2.59. The Hall–Kier alpha value is -1.90. The molecule has 4 fully saturated rings. The zero-order valence-corrected chi connectivity index (χ0v) is 17.8. The summed E-state index contributed by atoms with van der Waals surface area (Å²) in [5, 5.41) is 16.5. The number of allylic oxidation sites excluding steroid dienone is 1. The molecule has 1 amide bonds. The van der Waals surface area contributed by atoms with Crippen LogP contribution in [0.25, 0.3) is 6.20 Å². The molecule has 0 radical (unpaired) electrons. The third-order valence-electron chi connectivity index (χ3n) is 7.35. The van der Waals surface area contributed by atoms with Gasteiger partial charge in [0, 0.05) is 24.3 Å². The van der Waals surface area contributed by atoms with Crippen molar-refractivity contribution in [3.05, 3.63) is 23.5 Å². The smallest absolute Gasteiger partial charge is 0.396 e. The number of alkyl halides is 4. The Balaban J connectivity index is 1.57. The molecule has 5 rings (SSSR count). The number of aromatic nitrogens is 2. The molecule has 5 nitrogen and oxygen atoms in total. The molecule has 4 saturated carbocycles. The maximum Gasteiger partial charge on any atom is 0.434 e. The maximum atomic E-state index is 13.8. The number of halogens is 4. The first-order valence-electron chi connectivity index (χ1n) is 10.8. The molecule has 172 valence electrons. The molecule has 2 N–H and O–H groups in total. The summed E-state index contributed by atoms with van der Waals surface area (Å²) in [6.45, 7) is 2.50. The molecule has 0 saturated heterocycles. The Labute approximate surface area is 178 Å². The number of hydrogen-bond donors (Lipinski definition) is 2. The van der Waals surface area contributed by atoms with Gasteiger partial charge in [0.25, 0.3) is 5.91 Å². The second-order valence-electron chi connectivity index (χ2n) is 10.4. The van der Waals surface area contributed by atoms with Crippen molar-refractivity contribution in [2.45, 2.75) is 58.2 Å². The van der Waals surface area contributed by atoms with E-state index in [0.717, 1.165) is 44.5 Å². The number of aliphatic hydroxyl groups is 1. The number of carbonyl (C=O) groups excluding carboxylic acids is 1. The molecule has 1 aromatic heterocycles. The minimum Gasteiger partial charge on any atom is -0.396 e. The van der Waals surface area contributed by atoms with Crippen molar-refractivity contribution >= 4 is 12.1 Å². The van der Waals surface area contributed by atoms with Crippen molar-refractivity contribution in [3.63, 3.8) is 0 Å². The molecule has 0 aromatic carbocycles. The molecule has 2 unspecified atom stereocenters. The number of hydrogen-bond acceptors (Lipinski definition) is 3. The Kier molecular flexibility index (Phi) is 5.47. The Morgan fingerprint density at radius 1 is 1.29 bits per heavy atom. The van der Waals surface area contributed by atoms with Gasteiger partial charge in [-0.25, -0.2) is 4.68 Å². The van der Waals surface area contributed by atoms with E-state index in [0.29, 0.717) is 10.6 Å². The molecule has 4 bridgehead atoms. The summed E-state index contributed by atoms with van der Waals surface area (Å²) in [6.07, 6.45) is 2.99. The fourth-order valence-electron chi connectivity index (χ4n) is 6.09. The lowest BCUT2D eigenvalue weighted by Gasteiger charge is -2.59. The number of nitrogens with one attached hydrogen (secondary N) is 1. The maximum absolute atomic E-state index is 13.8. The third-order valence-corrected chi connectivity index (χ3v) is 7.35. The van der Waals surface area contributed by atoms with Gasteiger partial charge in [0.15, 0.2) is 5.69 Å². The van der Waals surface area contributed by atoms with Gasteiger partial charge < -0.3 is 10.4 Å². The molecule has 4 aliphatic rings. The SMILES string of the molecule is CC(C)(C=Cn1ncc(C(=O)NC2C3CC4CC2CC(CO)(C4)C3)c1C(F)(F)F)CF. The van der Waals surface area contributed by atoms with E-state index in [1.807, 2.05) is 0 Å². The van der Waals surface area contributed by atoms with Crippen molar-refractivity contribution < 1.29 is 27.5 Å². The van der Waals surface area contributed by atoms with Crippen molar-refractivity contribution in [3.8, 4) is 0 Å². The van der Waals surface area contributed by atoms with Crippen molar-refractivity contribution in [2.24, 2.45) is 28.6 Å². The number of carbonyl (C=O) groups is 1. The molecule has 31 heavy (non-hydrogen) atoms. The molecule has 9 heteroatoms. The van der Waals surface area contributed by atoms with E-state index in [2.05, 4.69) is 10.4 Å². The van der Waals surface area contributed by atoms with Crippen LogP contribution in [-0.2, 0) is 6.18 Å². The van der Waals surface area contributed by atoms with Gasteiger partial charge in [-0.3, -0.25) is 9.18 Å². The molecule has 0 aliphatic heterocycles. The van der Waals surface area contributed by atoms with Crippen molar-refractivity contribution in [2.75, 3.05) is 13.3 Å². The fourth-order valence-corrected chi connectivity index (χ4v) is 6.09. The molecule has 1 aromatic rings. The highest BCUT2D eigenvalue weighted by molar-refractivity contribution is 5.95. The number of rotatable bonds is 6. The molecular weight excluding hydrogens is 414 g/mol. The first-order chi connectivity index (χ1) is 14.5. The summed E-state index contributed by atoms with van der Waals surface area (Å²) >= 11 is 0. The van der Waals surface area contributed by atoms with Gasteiger partial charge in [0.2, 0.25) is 0 Å². The minimum atomic E-state index is -4.79. The van der Waals surface area contributed by atoms with Gasteiger partial charge >= 0.3 is 6.18 Å². The lowest BCUT2D eigenvalue weighted by molar-refractivity contribution is -0.142. The predicted molar refractivity (Wildman–Crippen MR) is 107 cm³/mol. The standard InChI is InChI=1S/C22H29F4N3O2/c1-20(2,11-23)3-4-29-18(22(24,25)26)16(10-27-29)19(31)28-17-14-5-13-6-15(17)9-21(7-13,8-14)12-30/h3-4,10,13-15,17,30H,5-9,11-12H2,1-2H3,(H,28,31). The highest BCUT2D eigenvalue weighted by Gasteiger charge is 2.55. The summed E-state index contributed by atoms with van der Waals surface area (Å²) in [7, 11) is 0. The first kappa shape index (κ1) is 22.3. The van der Waals surface area contributed by atoms with Gasteiger partial charge in [-0.2, -0.15) is 18.3 Å². The summed E-state index contributed by atoms with van der Waals surface area (Å²) in [5.74, 6) is 0.0940. The predicted octanol–water partition coefficient (Wildman–Crippen LogP) is 4.29. The van der Waals surface area contributed by atoms with Crippen LogP contribution < -0.4 is 5.32 Å². The normalized spacial score (nSPS) is 32.7. The third kappa shape index (κ3) is 4.13. The first-order valence-corrected chi connectivity index (χ1v) is 10.8. The number of aliphatic hydroxyl groups excluding tert-OH is 1. The largest absolute Gasteiger partial charge is 0.434 e. The fraction of sp³-hybridized carbons (Fsp3) is 0.727. The van der Waals surface area contributed by atoms with E-state index >= 15 is 0 Å². The molecule has 1 heterocycles. The van der Waals surface area contributed by atoms with Crippen LogP contribution in [0.15, 0.2) is 12.3 Å². The van der Waals surface area contributed by atoms with E-state index < -0.39 is 35.4 Å². The molecule has 0 spiro atoms. The number of amides is 1. The molecule has 4 aliphatic carbocycles. The van der Waals surface area contributed by atoms with Crippen LogP contribution in [0.2, 0.25) is 0 Å². The van der Waals surface area contributed by atoms with E-state index in [1.165, 1.54) is 6.08 Å². The average molecular weight is 443 g/mol. The quantitative estimate of drug-likeness (QED) is 0.645. The Bertz CT molecular complexity index is 861. The lowest BCUT2D eigenvalue weighted by atomic mass is 9.48. The average Bonchev–Trinajstić information content (AvgIpc) is 3.13. The van der Waals surface area contributed by atoms with Crippen LogP contribution in [0.1, 0.15) is 62.0 Å². The molecular formula is C22H29F4N3O2. The monoisotopic (exact) mass is 443 g/mol. The van der Waals surface area contributed by atoms with Crippen LogP contribution in [0.4, 0.5) is 17.6 Å². The van der Waals surface area contributed by atoms with Crippen molar-refractivity contribution in [1.29, 1.82) is 0 Å². The summed E-state index contributed by atoms with van der Waals surface area (Å²) < 4.78 is 55.0. The minimum absolute atomic E-state index is 0.0895. The van der Waals surface area contributed by atoms with E-state index in [4.69, 9.17) is 0 Å². The highest BCUT2D eigenvalue weighted by atomic mass is 19.4. The Morgan fingerprint density at radius 2 is 1.94 bits per heavy atom. The van der Waals surface area contributed by atoms with E-state index in [-0.39, 0.29) is 29.9 Å². The van der Waals surface area contributed by atoms with E-state index in [1.54, 1.807) is 13.8 Å². The summed E-state index contributed by atoms with van der Waals surface area (Å²) in [5.41, 5.74) is -2.72. The Morgan fingerprint density at radius 3 is 2.48 bits per heavy atom.